The molecule has 2 saturated carbocycles. The van der Waals surface area contributed by atoms with Crippen LogP contribution in [0.1, 0.15) is 98.3 Å². The molecule has 2 aliphatic heterocycles. The molecule has 2 heterocycles. The van der Waals surface area contributed by atoms with Gasteiger partial charge in [0.15, 0.2) is 0 Å². The number of ketones is 1. The summed E-state index contributed by atoms with van der Waals surface area (Å²) >= 11 is 17.0. The molecule has 0 aromatic carbocycles. The van der Waals surface area contributed by atoms with Gasteiger partial charge < -0.3 is 14.2 Å². The van der Waals surface area contributed by atoms with Crippen LogP contribution in [0.5, 0.6) is 0 Å². The van der Waals surface area contributed by atoms with E-state index in [1.165, 1.54) is 6.42 Å². The molecule has 16 heteroatoms. The Bertz CT molecular complexity index is 908. The number of carbonyl (C=O) groups excluding carboxylic acids is 5. The van der Waals surface area contributed by atoms with Gasteiger partial charge in [0.25, 0.3) is 0 Å². The fourth-order valence-electron chi connectivity index (χ4n) is 4.33. The third-order valence-electron chi connectivity index (χ3n) is 6.53. The van der Waals surface area contributed by atoms with Crippen molar-refractivity contribution >= 4 is 104 Å². The number of rotatable bonds is 4. The first-order valence-corrected chi connectivity index (χ1v) is 28.7. The van der Waals surface area contributed by atoms with Gasteiger partial charge in [0.2, 0.25) is 5.24 Å². The second-order valence-corrected chi connectivity index (χ2v) is 27.6. The predicted octanol–water partition coefficient (Wildman–Crippen LogP) is 6.01. The van der Waals surface area contributed by atoms with Gasteiger partial charge in [0.1, 0.15) is 16.2 Å². The first-order chi connectivity index (χ1) is 20.3. The van der Waals surface area contributed by atoms with Gasteiger partial charge in [-0.3, -0.25) is 19.2 Å². The van der Waals surface area contributed by atoms with Crippen molar-refractivity contribution < 1.29 is 86.0 Å². The molecular weight excluding hydrogens is 1140 g/mol. The van der Waals surface area contributed by atoms with E-state index >= 15 is 0 Å². The minimum absolute atomic E-state index is 0. The molecule has 4 rings (SSSR count). The fraction of sp³-hybridized carbons (Fsp3) is 0.690. The first kappa shape index (κ1) is 53.4. The summed E-state index contributed by atoms with van der Waals surface area (Å²) in [7, 11) is 4.20. The van der Waals surface area contributed by atoms with Crippen molar-refractivity contribution in [1.29, 1.82) is 0 Å². The molecular formula is C29H44BrCl2CuI3O8Zn-. The van der Waals surface area contributed by atoms with E-state index < -0.39 is 16.8 Å². The summed E-state index contributed by atoms with van der Waals surface area (Å²) in [6.07, 6.45) is 11.3. The smallest absolute Gasteiger partial charge is 0 e. The molecule has 0 aromatic heterocycles. The van der Waals surface area contributed by atoms with Crippen LogP contribution in [0.2, 0.25) is 0 Å². The monoisotopic (exact) mass is 1180 g/mol. The van der Waals surface area contributed by atoms with Crippen LogP contribution >= 0.6 is 74.9 Å². The topological polar surface area (TPSA) is 113 Å². The maximum Gasteiger partial charge on any atom is 0 e. The Hall–Kier alpha value is 1.62. The zero-order valence-electron chi connectivity index (χ0n) is 25.0. The molecule has 264 valence electrons. The van der Waals surface area contributed by atoms with Crippen LogP contribution in [-0.4, -0.2) is 52.6 Å². The number of halogens is 6. The molecule has 0 aromatic rings. The number of allylic oxidation sites excluding steroid dienone is 1. The maximum absolute atomic E-state index is 11.8. The van der Waals surface area contributed by atoms with Gasteiger partial charge in [0, 0.05) is 49.9 Å². The number of Topliss-reactive ketones (excluding diaryl/α,β-unsaturated/α-hetero) is 1. The summed E-state index contributed by atoms with van der Waals surface area (Å²) in [4.78, 5) is 54.1. The molecule has 0 N–H and O–H groups in total. The van der Waals surface area contributed by atoms with Crippen LogP contribution < -0.4 is 13.3 Å². The Morgan fingerprint density at radius 3 is 1.60 bits per heavy atom. The maximum atomic E-state index is 11.8. The molecule has 4 aliphatic rings. The van der Waals surface area contributed by atoms with Gasteiger partial charge in [-0.05, 0) is 70.4 Å². The number of alkyl halides is 1. The number of esters is 3. The van der Waals surface area contributed by atoms with E-state index in [1.807, 2.05) is 0 Å². The summed E-state index contributed by atoms with van der Waals surface area (Å²) in [6.45, 7) is 11.1. The van der Waals surface area contributed by atoms with Crippen LogP contribution in [0.25, 0.3) is 0 Å². The van der Waals surface area contributed by atoms with Crippen molar-refractivity contribution in [2.45, 2.75) is 109 Å². The van der Waals surface area contributed by atoms with E-state index in [0.717, 1.165) is 64.2 Å². The molecule has 4 fully saturated rings. The van der Waals surface area contributed by atoms with Gasteiger partial charge in [-0.2, -0.15) is 0 Å². The number of hydrogen-bond acceptors (Lipinski definition) is 8. The largest absolute Gasteiger partial charge is 0 e. The summed E-state index contributed by atoms with van der Waals surface area (Å²) < 4.78 is 15.3. The van der Waals surface area contributed by atoms with Crippen LogP contribution in [0, 0.1) is 5.92 Å². The molecule has 45 heavy (non-hydrogen) atoms. The molecule has 2 aliphatic carbocycles. The standard InChI is InChI=1S/C14H20O4.C6H10O.C4H5BrO2.C4H5ClO.CH4.ClH.Cu.I3.Zn/c1-10(2)12(15)18-14(7-4-3-5-8-14)11-6-9-17-13(11)16;7-6-4-2-1-3-5-6;5-3-1-2-7-4(3)6;1-3(2)4(5)6;;;;1-3-2;/h11H,1,3-9H2,2H3;1-5H2;3H,1-2H2;1H2,2H3;1H4;1H;;;/q;;;;;;+1;-1;/p-1. The molecule has 2 atom stereocenters. The summed E-state index contributed by atoms with van der Waals surface area (Å²) in [5.74, 6) is -0.560. The molecule has 0 radical (unpaired) electrons. The van der Waals surface area contributed by atoms with Gasteiger partial charge >= 0.3 is 93.6 Å². The van der Waals surface area contributed by atoms with Gasteiger partial charge in [-0.15, -0.1) is 0 Å². The quantitative estimate of drug-likeness (QED) is 0.0641. The van der Waals surface area contributed by atoms with Crippen molar-refractivity contribution in [3.05, 3.63) is 24.3 Å². The molecule has 0 spiro atoms. The van der Waals surface area contributed by atoms with Crippen molar-refractivity contribution in [2.75, 3.05) is 13.2 Å². The summed E-state index contributed by atoms with van der Waals surface area (Å²) in [5.41, 5.74) is 0.116. The Balaban J connectivity index is -0.000000261. The van der Waals surface area contributed by atoms with E-state index in [2.05, 4.69) is 96.3 Å². The summed E-state index contributed by atoms with van der Waals surface area (Å²) in [6, 6.07) is 0. The predicted molar refractivity (Wildman–Crippen MR) is 188 cm³/mol. The first-order valence-electron chi connectivity index (χ1n) is 13.5. The fourth-order valence-corrected chi connectivity index (χ4v) is 4.65. The Morgan fingerprint density at radius 2 is 1.33 bits per heavy atom. The van der Waals surface area contributed by atoms with Crippen LogP contribution in [0.15, 0.2) is 24.3 Å². The molecule has 0 amide bonds. The molecule has 0 bridgehead atoms. The Labute approximate surface area is 337 Å². The average Bonchev–Trinajstić information content (AvgIpc) is 3.59. The zero-order valence-corrected chi connectivity index (χ0v) is 38.5. The minimum atomic E-state index is -0.651. The minimum Gasteiger partial charge on any atom is 0 e. The molecule has 8 nitrogen and oxygen atoms in total. The number of carbonyl (C=O) groups is 5. The second-order valence-electron chi connectivity index (χ2n) is 9.94. The SMILES string of the molecule is C.C=C(C)C(=O)Cl.C=C(C)C(=O)OC1(C2CCOC2=O)CCCCC1.I[I-]I.O=C1CCCCC1.O=C1OCCC1Br.[Cl][Cu].[Zn]. The molecule has 2 saturated heterocycles. The van der Waals surface area contributed by atoms with Crippen molar-refractivity contribution in [1.82, 2.24) is 0 Å². The van der Waals surface area contributed by atoms with E-state index in [-0.39, 0.29) is 49.6 Å². The third kappa shape index (κ3) is 25.3. The Morgan fingerprint density at radius 1 is 0.911 bits per heavy atom. The van der Waals surface area contributed by atoms with Gasteiger partial charge in [0.05, 0.1) is 19.1 Å². The van der Waals surface area contributed by atoms with E-state index in [9.17, 15) is 24.0 Å². The van der Waals surface area contributed by atoms with Crippen molar-refractivity contribution in [3.63, 3.8) is 0 Å². The van der Waals surface area contributed by atoms with E-state index in [1.54, 1.807) is 13.8 Å². The average molecular weight is 1180 g/mol. The van der Waals surface area contributed by atoms with E-state index in [0.29, 0.717) is 49.8 Å². The zero-order chi connectivity index (χ0) is 33.4. The number of hydrogen-bond donors (Lipinski definition) is 0. The Kier molecular flexibility index (Phi) is 38.9. The van der Waals surface area contributed by atoms with Crippen molar-refractivity contribution in [3.8, 4) is 0 Å². The van der Waals surface area contributed by atoms with Gasteiger partial charge in [-0.25, -0.2) is 4.79 Å². The van der Waals surface area contributed by atoms with Crippen LogP contribution in [-0.2, 0) is 72.8 Å². The molecule has 2 unspecified atom stereocenters. The number of cyclic esters (lactones) is 2. The number of ether oxygens (including phenoxy) is 3. The van der Waals surface area contributed by atoms with Crippen molar-refractivity contribution in [2.24, 2.45) is 5.92 Å². The van der Waals surface area contributed by atoms with Crippen LogP contribution in [0.4, 0.5) is 0 Å². The van der Waals surface area contributed by atoms with Crippen LogP contribution in [0.3, 0.4) is 0 Å². The van der Waals surface area contributed by atoms with Gasteiger partial charge in [-0.1, -0.05) is 49.4 Å². The normalized spacial score (nSPS) is 20.5. The second kappa shape index (κ2) is 32.8. The summed E-state index contributed by atoms with van der Waals surface area (Å²) in [5, 5.41) is -0.463. The van der Waals surface area contributed by atoms with E-state index in [4.69, 9.17) is 21.1 Å². The third-order valence-corrected chi connectivity index (χ3v) is 7.69.